The van der Waals surface area contributed by atoms with Gasteiger partial charge in [-0.05, 0) is 13.8 Å². The first-order valence-electron chi connectivity index (χ1n) is 5.10. The van der Waals surface area contributed by atoms with Gasteiger partial charge < -0.3 is 14.9 Å². The summed E-state index contributed by atoms with van der Waals surface area (Å²) in [6, 6.07) is 0. The molecule has 0 saturated heterocycles. The van der Waals surface area contributed by atoms with Crippen LogP contribution in [0.25, 0.3) is 0 Å². The molecule has 0 radical (unpaired) electrons. The number of esters is 1. The Balaban J connectivity index is 2.90. The van der Waals surface area contributed by atoms with Crippen LogP contribution in [-0.2, 0) is 9.53 Å². The third-order valence-electron chi connectivity index (χ3n) is 1.73. The van der Waals surface area contributed by atoms with E-state index in [9.17, 15) is 14.7 Å². The van der Waals surface area contributed by atoms with Crippen LogP contribution in [0.1, 0.15) is 24.5 Å². The lowest BCUT2D eigenvalue weighted by Gasteiger charge is -2.00. The maximum Gasteiger partial charge on any atom is 0.373 e. The number of aliphatic hydroxyl groups is 1. The first-order valence-corrected chi connectivity index (χ1v) is 5.10. The average molecular weight is 269 g/mol. The van der Waals surface area contributed by atoms with Crippen molar-refractivity contribution in [3.05, 3.63) is 17.3 Å². The minimum absolute atomic E-state index is 0.106. The number of azo groups is 1. The Morgan fingerprint density at radius 2 is 2.11 bits per heavy atom. The maximum atomic E-state index is 11.4. The number of aliphatic hydroxyl groups excluding tert-OH is 1. The summed E-state index contributed by atoms with van der Waals surface area (Å²) < 4.78 is 4.64. The van der Waals surface area contributed by atoms with Crippen molar-refractivity contribution in [2.75, 3.05) is 6.61 Å². The number of H-pyrrole nitrogens is 1. The number of nitrogens with one attached hydrogen (secondary N) is 1. The van der Waals surface area contributed by atoms with Crippen LogP contribution in [0.5, 0.6) is 0 Å². The van der Waals surface area contributed by atoms with Gasteiger partial charge in [0.05, 0.1) is 6.61 Å². The summed E-state index contributed by atoms with van der Waals surface area (Å²) in [5.41, 5.74) is -0.413. The van der Waals surface area contributed by atoms with E-state index in [1.165, 1.54) is 6.92 Å². The van der Waals surface area contributed by atoms with E-state index >= 15 is 0 Å². The summed E-state index contributed by atoms with van der Waals surface area (Å²) >= 11 is 0. The minimum atomic E-state index is -1.31. The van der Waals surface area contributed by atoms with Gasteiger partial charge in [-0.1, -0.05) is 0 Å². The van der Waals surface area contributed by atoms with E-state index in [0.29, 0.717) is 0 Å². The molecule has 0 fully saturated rings. The molecule has 3 N–H and O–H groups in total. The Labute approximate surface area is 106 Å². The van der Waals surface area contributed by atoms with Gasteiger partial charge in [-0.2, -0.15) is 4.98 Å². The number of rotatable bonds is 5. The molecule has 19 heavy (non-hydrogen) atoms. The molecule has 0 saturated carbocycles. The van der Waals surface area contributed by atoms with Gasteiger partial charge in [0, 0.05) is 0 Å². The molecule has 10 heteroatoms. The summed E-state index contributed by atoms with van der Waals surface area (Å²) in [7, 11) is 0. The van der Waals surface area contributed by atoms with Gasteiger partial charge >= 0.3 is 11.9 Å². The zero-order valence-corrected chi connectivity index (χ0v) is 10.1. The zero-order valence-electron chi connectivity index (χ0n) is 10.1. The van der Waals surface area contributed by atoms with Crippen molar-refractivity contribution in [2.45, 2.75) is 13.8 Å². The molecule has 0 aliphatic rings. The predicted octanol–water partition coefficient (Wildman–Crippen LogP) is 0.939. The number of aromatic nitrogens is 3. The smallest absolute Gasteiger partial charge is 0.373 e. The van der Waals surface area contributed by atoms with E-state index in [1.54, 1.807) is 6.92 Å². The van der Waals surface area contributed by atoms with Crippen molar-refractivity contribution in [3.8, 4) is 0 Å². The van der Waals surface area contributed by atoms with E-state index in [0.717, 1.165) is 0 Å². The van der Waals surface area contributed by atoms with Crippen molar-refractivity contribution < 1.29 is 24.5 Å². The van der Waals surface area contributed by atoms with Gasteiger partial charge in [0.15, 0.2) is 0 Å². The van der Waals surface area contributed by atoms with Crippen LogP contribution >= 0.6 is 0 Å². The number of nitrogens with zero attached hydrogens (tertiary/aromatic N) is 4. The summed E-state index contributed by atoms with van der Waals surface area (Å²) in [6.07, 6.45) is 0. The largest absolute Gasteiger partial charge is 0.510 e. The summed E-state index contributed by atoms with van der Waals surface area (Å²) in [5.74, 6) is -3.28. The van der Waals surface area contributed by atoms with E-state index < -0.39 is 29.2 Å². The van der Waals surface area contributed by atoms with E-state index in [2.05, 4.69) is 30.1 Å². The first-order chi connectivity index (χ1) is 8.95. The second-order valence-electron chi connectivity index (χ2n) is 3.14. The topological polar surface area (TPSA) is 150 Å². The molecule has 1 heterocycles. The highest BCUT2D eigenvalue weighted by Crippen LogP contribution is 2.11. The van der Waals surface area contributed by atoms with Crippen LogP contribution in [0.2, 0.25) is 0 Å². The zero-order chi connectivity index (χ0) is 14.4. The molecule has 1 rings (SSSR count). The molecular weight excluding hydrogens is 258 g/mol. The fraction of sp³-hybridized carbons (Fsp3) is 0.333. The number of carboxylic acids is 1. The normalized spacial score (nSPS) is 12.3. The molecule has 0 unspecified atom stereocenters. The number of allylic oxidation sites excluding steroid dienone is 1. The minimum Gasteiger partial charge on any atom is -0.510 e. The highest BCUT2D eigenvalue weighted by Gasteiger charge is 2.15. The number of aromatic carboxylic acids is 1. The second kappa shape index (κ2) is 6.23. The summed E-state index contributed by atoms with van der Waals surface area (Å²) in [4.78, 5) is 25.4. The molecule has 1 aromatic rings. The molecule has 10 nitrogen and oxygen atoms in total. The number of ether oxygens (including phenoxy) is 1. The van der Waals surface area contributed by atoms with Crippen LogP contribution in [-0.4, -0.2) is 43.9 Å². The Kier molecular flexibility index (Phi) is 4.69. The number of carbonyl (C=O) groups excluding carboxylic acids is 1. The van der Waals surface area contributed by atoms with Crippen LogP contribution in [0, 0.1) is 0 Å². The average Bonchev–Trinajstić information content (AvgIpc) is 2.78. The van der Waals surface area contributed by atoms with Gasteiger partial charge in [0.25, 0.3) is 5.95 Å². The Morgan fingerprint density at radius 3 is 2.58 bits per heavy atom. The summed E-state index contributed by atoms with van der Waals surface area (Å²) in [6.45, 7) is 2.93. The SMILES string of the molecule is CCOC(=O)/C(N=Nc1n[nH]c(C(=O)O)n1)=C(/C)O. The van der Waals surface area contributed by atoms with Crippen molar-refractivity contribution in [3.63, 3.8) is 0 Å². The fourth-order valence-corrected chi connectivity index (χ4v) is 0.948. The monoisotopic (exact) mass is 269 g/mol. The highest BCUT2D eigenvalue weighted by atomic mass is 16.5. The van der Waals surface area contributed by atoms with Crippen LogP contribution in [0.3, 0.4) is 0 Å². The summed E-state index contributed by atoms with van der Waals surface area (Å²) in [5, 5.41) is 30.2. The standard InChI is InChI=1S/C9H11N5O5/c1-3-19-8(18)5(4(2)15)11-13-9-10-6(7(16)17)12-14-9/h15H,3H2,1-2H3,(H,16,17)(H,10,12,14)/b5-4+,13-11?. The third kappa shape index (κ3) is 3.87. The molecule has 1 aromatic heterocycles. The van der Waals surface area contributed by atoms with Gasteiger partial charge in [0.1, 0.15) is 5.76 Å². The molecule has 0 aliphatic carbocycles. The van der Waals surface area contributed by atoms with Crippen molar-refractivity contribution in [1.82, 2.24) is 15.2 Å². The lowest BCUT2D eigenvalue weighted by Crippen LogP contribution is -2.07. The third-order valence-corrected chi connectivity index (χ3v) is 1.73. The lowest BCUT2D eigenvalue weighted by molar-refractivity contribution is -0.138. The molecular formula is C9H11N5O5. The fourth-order valence-electron chi connectivity index (χ4n) is 0.948. The van der Waals surface area contributed by atoms with E-state index in [-0.39, 0.29) is 12.6 Å². The molecule has 0 aliphatic heterocycles. The van der Waals surface area contributed by atoms with Gasteiger partial charge in [-0.15, -0.1) is 15.3 Å². The number of carbonyl (C=O) groups is 2. The predicted molar refractivity (Wildman–Crippen MR) is 59.8 cm³/mol. The van der Waals surface area contributed by atoms with Crippen molar-refractivity contribution >= 4 is 17.9 Å². The number of aromatic amines is 1. The van der Waals surface area contributed by atoms with E-state index in [1.807, 2.05) is 0 Å². The number of carboxylic acid groups (broad SMARTS) is 1. The number of hydrogen-bond donors (Lipinski definition) is 3. The van der Waals surface area contributed by atoms with E-state index in [4.69, 9.17) is 5.11 Å². The molecule has 0 spiro atoms. The molecule has 0 amide bonds. The van der Waals surface area contributed by atoms with Gasteiger partial charge in [-0.3, -0.25) is 5.10 Å². The molecule has 0 atom stereocenters. The Morgan fingerprint density at radius 1 is 1.42 bits per heavy atom. The lowest BCUT2D eigenvalue weighted by atomic mass is 10.4. The highest BCUT2D eigenvalue weighted by molar-refractivity contribution is 5.88. The second-order valence-corrected chi connectivity index (χ2v) is 3.14. The van der Waals surface area contributed by atoms with Gasteiger partial charge in [0.2, 0.25) is 11.5 Å². The maximum absolute atomic E-state index is 11.4. The molecule has 102 valence electrons. The molecule has 0 bridgehead atoms. The quantitative estimate of drug-likeness (QED) is 0.311. The van der Waals surface area contributed by atoms with Crippen LogP contribution in [0.15, 0.2) is 21.7 Å². The Hall–Kier alpha value is -2.78. The van der Waals surface area contributed by atoms with Gasteiger partial charge in [-0.25, -0.2) is 9.59 Å². The van der Waals surface area contributed by atoms with Crippen molar-refractivity contribution in [2.24, 2.45) is 10.2 Å². The van der Waals surface area contributed by atoms with Crippen molar-refractivity contribution in [1.29, 1.82) is 0 Å². The first kappa shape index (κ1) is 14.3. The number of hydrogen-bond acceptors (Lipinski definition) is 8. The molecule has 0 aromatic carbocycles. The Bertz CT molecular complexity index is 543. The van der Waals surface area contributed by atoms with Crippen LogP contribution < -0.4 is 0 Å². The van der Waals surface area contributed by atoms with Crippen LogP contribution in [0.4, 0.5) is 5.95 Å².